The fourth-order valence-corrected chi connectivity index (χ4v) is 5.45. The highest BCUT2D eigenvalue weighted by Crippen LogP contribution is 2.41. The molecule has 47 heavy (non-hydrogen) atoms. The molecule has 1 atom stereocenters. The number of carbonyl (C=O) groups is 2. The van der Waals surface area contributed by atoms with Gasteiger partial charge in [0.2, 0.25) is 5.91 Å². The lowest BCUT2D eigenvalue weighted by Gasteiger charge is -2.33. The number of primary amides is 1. The topological polar surface area (TPSA) is 150 Å². The molecule has 0 fully saturated rings. The summed E-state index contributed by atoms with van der Waals surface area (Å²) in [4.78, 5) is 48.6. The van der Waals surface area contributed by atoms with Gasteiger partial charge < -0.3 is 25.8 Å². The minimum Gasteiger partial charge on any atom is -0.496 e. The van der Waals surface area contributed by atoms with Gasteiger partial charge in [0.15, 0.2) is 0 Å². The molecule has 3 aromatic heterocycles. The Balaban J connectivity index is 2.25. The van der Waals surface area contributed by atoms with Crippen LogP contribution in [0.15, 0.2) is 41.3 Å². The van der Waals surface area contributed by atoms with E-state index in [1.807, 2.05) is 41.5 Å². The predicted octanol–water partition coefficient (Wildman–Crippen LogP) is 6.78. The van der Waals surface area contributed by atoms with Gasteiger partial charge in [0.25, 0.3) is 5.56 Å². The summed E-state index contributed by atoms with van der Waals surface area (Å²) in [7, 11) is 1.39. The third kappa shape index (κ3) is 7.28. The zero-order valence-corrected chi connectivity index (χ0v) is 28.6. The first kappa shape index (κ1) is 35.4. The van der Waals surface area contributed by atoms with E-state index in [0.29, 0.717) is 16.9 Å². The standard InChI is InChI=1S/C33H37Cl2FN6O5/c1-16(2)25-29(17(3)11-12-38-25)42-30-18(13-19(35)27(41-30)24-20(36)9-8-10-21(24)46-7)26(28(31(42)44)40-23(43)14-34)39-22(33(4,5)6)15-47-32(37)45/h8-13,16,22,39H,14-15H2,1-7H3,(H2,37,45)(H,40,43). The quantitative estimate of drug-likeness (QED) is 0.155. The Kier molecular flexibility index (Phi) is 10.7. The van der Waals surface area contributed by atoms with Crippen molar-refractivity contribution in [3.63, 3.8) is 0 Å². The van der Waals surface area contributed by atoms with Gasteiger partial charge in [-0.1, -0.05) is 52.3 Å². The number of ether oxygens (including phenoxy) is 2. The van der Waals surface area contributed by atoms with Crippen molar-refractivity contribution in [3.05, 3.63) is 69.0 Å². The summed E-state index contributed by atoms with van der Waals surface area (Å²) >= 11 is 12.8. The number of halogens is 3. The largest absolute Gasteiger partial charge is 0.496 e. The molecule has 11 nitrogen and oxygen atoms in total. The van der Waals surface area contributed by atoms with E-state index in [2.05, 4.69) is 15.6 Å². The molecule has 250 valence electrons. The van der Waals surface area contributed by atoms with Gasteiger partial charge in [-0.05, 0) is 48.1 Å². The molecule has 0 aliphatic heterocycles. The van der Waals surface area contributed by atoms with E-state index in [-0.39, 0.29) is 57.0 Å². The van der Waals surface area contributed by atoms with Crippen molar-refractivity contribution >= 4 is 57.6 Å². The average molecular weight is 688 g/mol. The Hall–Kier alpha value is -4.42. The summed E-state index contributed by atoms with van der Waals surface area (Å²) in [5.74, 6) is -1.71. The molecule has 0 spiro atoms. The Morgan fingerprint density at radius 2 is 1.87 bits per heavy atom. The second-order valence-corrected chi connectivity index (χ2v) is 13.0. The maximum atomic E-state index is 15.4. The van der Waals surface area contributed by atoms with E-state index >= 15 is 4.39 Å². The normalized spacial score (nSPS) is 12.2. The Bertz CT molecular complexity index is 1910. The molecule has 1 aromatic carbocycles. The SMILES string of the molecule is COc1cccc(F)c1-c1nc2c(cc1Cl)c(NC(COC(N)=O)C(C)(C)C)c(NC(=O)CCl)c(=O)n2-c1c(C)ccnc1C(C)C. The summed E-state index contributed by atoms with van der Waals surface area (Å²) in [6.45, 7) is 11.1. The number of alkyl halides is 1. The van der Waals surface area contributed by atoms with Crippen molar-refractivity contribution in [1.29, 1.82) is 0 Å². The minimum absolute atomic E-state index is 0.00987. The number of hydrogen-bond donors (Lipinski definition) is 3. The number of rotatable bonds is 10. The fourth-order valence-electron chi connectivity index (χ4n) is 5.14. The highest BCUT2D eigenvalue weighted by Gasteiger charge is 2.31. The van der Waals surface area contributed by atoms with E-state index in [0.717, 1.165) is 0 Å². The molecule has 0 bridgehead atoms. The number of anilines is 2. The number of methoxy groups -OCH3 is 1. The highest BCUT2D eigenvalue weighted by molar-refractivity contribution is 6.34. The van der Waals surface area contributed by atoms with Crippen LogP contribution in [-0.2, 0) is 9.53 Å². The monoisotopic (exact) mass is 686 g/mol. The van der Waals surface area contributed by atoms with Crippen LogP contribution in [0.4, 0.5) is 20.6 Å². The number of nitrogens with two attached hydrogens (primary N) is 1. The van der Waals surface area contributed by atoms with Crippen molar-refractivity contribution in [2.24, 2.45) is 11.1 Å². The molecular weight excluding hydrogens is 650 g/mol. The highest BCUT2D eigenvalue weighted by atomic mass is 35.5. The predicted molar refractivity (Wildman–Crippen MR) is 183 cm³/mol. The first-order valence-electron chi connectivity index (χ1n) is 14.7. The van der Waals surface area contributed by atoms with Crippen LogP contribution < -0.4 is 26.7 Å². The fraction of sp³-hybridized carbons (Fsp3) is 0.364. The van der Waals surface area contributed by atoms with Crippen LogP contribution in [0.5, 0.6) is 5.75 Å². The first-order chi connectivity index (χ1) is 22.1. The molecule has 0 radical (unpaired) electrons. The van der Waals surface area contributed by atoms with Gasteiger partial charge in [-0.2, -0.15) is 0 Å². The van der Waals surface area contributed by atoms with E-state index in [1.165, 1.54) is 29.9 Å². The number of aromatic nitrogens is 3. The number of aryl methyl sites for hydroxylation is 1. The van der Waals surface area contributed by atoms with Crippen LogP contribution in [0.25, 0.3) is 28.0 Å². The number of hydrogen-bond acceptors (Lipinski definition) is 8. The zero-order chi connectivity index (χ0) is 34.8. The van der Waals surface area contributed by atoms with E-state index in [9.17, 15) is 14.4 Å². The second-order valence-electron chi connectivity index (χ2n) is 12.3. The summed E-state index contributed by atoms with van der Waals surface area (Å²) in [6, 6.07) is 6.94. The molecule has 2 amide bonds. The molecule has 0 saturated carbocycles. The van der Waals surface area contributed by atoms with Gasteiger partial charge in [0.05, 0.1) is 46.5 Å². The summed E-state index contributed by atoms with van der Waals surface area (Å²) in [5.41, 5.74) is 5.76. The van der Waals surface area contributed by atoms with Crippen LogP contribution in [0.2, 0.25) is 5.02 Å². The average Bonchev–Trinajstić information content (AvgIpc) is 3.00. The van der Waals surface area contributed by atoms with E-state index < -0.39 is 40.7 Å². The second kappa shape index (κ2) is 14.1. The Morgan fingerprint density at radius 3 is 2.47 bits per heavy atom. The van der Waals surface area contributed by atoms with Crippen LogP contribution in [0.1, 0.15) is 51.8 Å². The smallest absolute Gasteiger partial charge is 0.404 e. The summed E-state index contributed by atoms with van der Waals surface area (Å²) in [5, 5.41) is 6.24. The first-order valence-corrected chi connectivity index (χ1v) is 15.6. The van der Waals surface area contributed by atoms with Crippen molar-refractivity contribution in [1.82, 2.24) is 14.5 Å². The van der Waals surface area contributed by atoms with Crippen molar-refractivity contribution in [2.45, 2.75) is 53.5 Å². The third-order valence-corrected chi connectivity index (χ3v) is 8.13. The van der Waals surface area contributed by atoms with Gasteiger partial charge >= 0.3 is 6.09 Å². The lowest BCUT2D eigenvalue weighted by Crippen LogP contribution is -2.40. The van der Waals surface area contributed by atoms with Crippen LogP contribution in [-0.4, -0.2) is 52.2 Å². The maximum Gasteiger partial charge on any atom is 0.404 e. The van der Waals surface area contributed by atoms with E-state index in [4.69, 9.17) is 43.4 Å². The lowest BCUT2D eigenvalue weighted by atomic mass is 9.87. The molecule has 0 saturated heterocycles. The number of amides is 2. The van der Waals surface area contributed by atoms with Gasteiger partial charge in [-0.3, -0.25) is 19.1 Å². The maximum absolute atomic E-state index is 15.4. The molecular formula is C33H37Cl2FN6O5. The van der Waals surface area contributed by atoms with Crippen molar-refractivity contribution in [3.8, 4) is 22.7 Å². The van der Waals surface area contributed by atoms with Gasteiger partial charge in [-0.15, -0.1) is 11.6 Å². The van der Waals surface area contributed by atoms with Gasteiger partial charge in [0, 0.05) is 11.6 Å². The van der Waals surface area contributed by atoms with E-state index in [1.54, 1.807) is 18.3 Å². The van der Waals surface area contributed by atoms with Crippen molar-refractivity contribution < 1.29 is 23.5 Å². The van der Waals surface area contributed by atoms with Crippen LogP contribution >= 0.6 is 23.2 Å². The van der Waals surface area contributed by atoms with Crippen molar-refractivity contribution in [2.75, 3.05) is 30.2 Å². The van der Waals surface area contributed by atoms with Crippen LogP contribution in [0.3, 0.4) is 0 Å². The lowest BCUT2D eigenvalue weighted by molar-refractivity contribution is -0.113. The number of carbonyl (C=O) groups excluding carboxylic acids is 2. The summed E-state index contributed by atoms with van der Waals surface area (Å²) < 4.78 is 27.4. The van der Waals surface area contributed by atoms with Crippen LogP contribution in [0, 0.1) is 18.2 Å². The number of nitrogens with zero attached hydrogens (tertiary/aromatic N) is 3. The molecule has 0 aliphatic rings. The number of fused-ring (bicyclic) bond motifs is 1. The van der Waals surface area contributed by atoms with Gasteiger partial charge in [-0.25, -0.2) is 14.2 Å². The molecule has 4 aromatic rings. The molecule has 0 aliphatic carbocycles. The summed E-state index contributed by atoms with van der Waals surface area (Å²) in [6.07, 6.45) is 0.651. The molecule has 1 unspecified atom stereocenters. The third-order valence-electron chi connectivity index (χ3n) is 7.60. The molecule has 3 heterocycles. The Labute approximate surface area is 281 Å². The molecule has 4 rings (SSSR count). The zero-order valence-electron chi connectivity index (χ0n) is 27.1. The molecule has 14 heteroatoms. The van der Waals surface area contributed by atoms with Gasteiger partial charge in [0.1, 0.15) is 35.4 Å². The number of nitrogens with one attached hydrogen (secondary N) is 2. The number of benzene rings is 1. The Morgan fingerprint density at radius 1 is 1.17 bits per heavy atom. The molecule has 4 N–H and O–H groups in total. The number of pyridine rings is 3. The minimum atomic E-state index is -0.988.